The Labute approximate surface area is 185 Å². The summed E-state index contributed by atoms with van der Waals surface area (Å²) in [7, 11) is 0. The zero-order valence-corrected chi connectivity index (χ0v) is 18.2. The first-order chi connectivity index (χ1) is 15.4. The number of carbonyl (C=O) groups excluding carboxylic acids is 2. The zero-order chi connectivity index (χ0) is 23.1. The quantitative estimate of drug-likeness (QED) is 0.542. The molecule has 1 unspecified atom stereocenters. The largest absolute Gasteiger partial charge is 0.494 e. The van der Waals surface area contributed by atoms with E-state index in [0.717, 1.165) is 16.0 Å². The van der Waals surface area contributed by atoms with Gasteiger partial charge in [-0.2, -0.15) is 5.10 Å². The standard InChI is InChI=1S/C24H25N3O5/c1-4-31-18-12-10-17(11-13-18)20-14-15-22(28)27(26-20)16(3)23(29)25-21-9-7-6-8-19(21)24(30)32-5-2/h6-16H,4-5H2,1-3H3,(H,25,29). The Hall–Kier alpha value is -3.94. The number of benzene rings is 2. The first-order valence-electron chi connectivity index (χ1n) is 10.3. The number of para-hydroxylation sites is 1. The van der Waals surface area contributed by atoms with Crippen molar-refractivity contribution in [1.82, 2.24) is 9.78 Å². The smallest absolute Gasteiger partial charge is 0.340 e. The Morgan fingerprint density at radius 1 is 1.00 bits per heavy atom. The van der Waals surface area contributed by atoms with Gasteiger partial charge in [-0.3, -0.25) is 9.59 Å². The lowest BCUT2D eigenvalue weighted by Gasteiger charge is -2.16. The van der Waals surface area contributed by atoms with Gasteiger partial charge in [0, 0.05) is 11.6 Å². The number of carbonyl (C=O) groups is 2. The van der Waals surface area contributed by atoms with Crippen LogP contribution in [0.4, 0.5) is 5.69 Å². The monoisotopic (exact) mass is 435 g/mol. The highest BCUT2D eigenvalue weighted by molar-refractivity contribution is 6.02. The summed E-state index contributed by atoms with van der Waals surface area (Å²) in [5, 5.41) is 7.08. The van der Waals surface area contributed by atoms with E-state index in [2.05, 4.69) is 10.4 Å². The van der Waals surface area contributed by atoms with E-state index in [-0.39, 0.29) is 12.2 Å². The van der Waals surface area contributed by atoms with E-state index in [9.17, 15) is 14.4 Å². The number of hydrogen-bond acceptors (Lipinski definition) is 6. The van der Waals surface area contributed by atoms with Crippen molar-refractivity contribution in [3.63, 3.8) is 0 Å². The van der Waals surface area contributed by atoms with Crippen LogP contribution in [0, 0.1) is 0 Å². The van der Waals surface area contributed by atoms with E-state index in [1.165, 1.54) is 6.07 Å². The number of hydrogen-bond donors (Lipinski definition) is 1. The van der Waals surface area contributed by atoms with Crippen LogP contribution in [0.5, 0.6) is 5.75 Å². The van der Waals surface area contributed by atoms with Gasteiger partial charge in [-0.05, 0) is 63.2 Å². The first kappa shape index (κ1) is 22.7. The summed E-state index contributed by atoms with van der Waals surface area (Å²) in [4.78, 5) is 37.5. The average molecular weight is 435 g/mol. The van der Waals surface area contributed by atoms with Crippen molar-refractivity contribution in [2.24, 2.45) is 0 Å². The highest BCUT2D eigenvalue weighted by atomic mass is 16.5. The molecule has 3 aromatic rings. The summed E-state index contributed by atoms with van der Waals surface area (Å²) in [6.07, 6.45) is 0. The normalized spacial score (nSPS) is 11.5. The molecule has 0 saturated carbocycles. The van der Waals surface area contributed by atoms with Crippen LogP contribution in [0.2, 0.25) is 0 Å². The lowest BCUT2D eigenvalue weighted by atomic mass is 10.1. The van der Waals surface area contributed by atoms with Crippen molar-refractivity contribution in [2.75, 3.05) is 18.5 Å². The Morgan fingerprint density at radius 3 is 2.41 bits per heavy atom. The molecule has 1 heterocycles. The van der Waals surface area contributed by atoms with Gasteiger partial charge in [0.2, 0.25) is 5.91 Å². The topological polar surface area (TPSA) is 99.5 Å². The van der Waals surface area contributed by atoms with Crippen molar-refractivity contribution in [1.29, 1.82) is 0 Å². The molecule has 1 aromatic heterocycles. The molecule has 2 aromatic carbocycles. The third kappa shape index (κ3) is 5.21. The van der Waals surface area contributed by atoms with Crippen LogP contribution in [0.1, 0.15) is 37.2 Å². The maximum atomic E-state index is 12.9. The van der Waals surface area contributed by atoms with Crippen molar-refractivity contribution in [2.45, 2.75) is 26.8 Å². The van der Waals surface area contributed by atoms with Gasteiger partial charge >= 0.3 is 5.97 Å². The molecule has 0 aliphatic carbocycles. The minimum Gasteiger partial charge on any atom is -0.494 e. The zero-order valence-electron chi connectivity index (χ0n) is 18.2. The molecule has 0 saturated heterocycles. The molecule has 1 atom stereocenters. The summed E-state index contributed by atoms with van der Waals surface area (Å²) in [6.45, 7) is 5.96. The molecule has 0 bridgehead atoms. The highest BCUT2D eigenvalue weighted by Crippen LogP contribution is 2.21. The van der Waals surface area contributed by atoms with Gasteiger partial charge in [0.15, 0.2) is 0 Å². The van der Waals surface area contributed by atoms with E-state index < -0.39 is 23.5 Å². The lowest BCUT2D eigenvalue weighted by molar-refractivity contribution is -0.119. The molecule has 0 spiro atoms. The molecule has 0 radical (unpaired) electrons. The van der Waals surface area contributed by atoms with Gasteiger partial charge in [0.25, 0.3) is 5.56 Å². The molecule has 0 aliphatic heterocycles. The molecule has 3 rings (SSSR count). The van der Waals surface area contributed by atoms with Crippen LogP contribution >= 0.6 is 0 Å². The Bertz CT molecular complexity index is 1150. The average Bonchev–Trinajstić information content (AvgIpc) is 2.80. The molecule has 166 valence electrons. The summed E-state index contributed by atoms with van der Waals surface area (Å²) >= 11 is 0. The van der Waals surface area contributed by atoms with Crippen LogP contribution in [0.15, 0.2) is 65.5 Å². The van der Waals surface area contributed by atoms with E-state index in [0.29, 0.717) is 18.0 Å². The van der Waals surface area contributed by atoms with Crippen LogP contribution in [0.25, 0.3) is 11.3 Å². The number of nitrogens with one attached hydrogen (secondary N) is 1. The van der Waals surface area contributed by atoms with Gasteiger partial charge in [-0.15, -0.1) is 0 Å². The third-order valence-electron chi connectivity index (χ3n) is 4.71. The van der Waals surface area contributed by atoms with Gasteiger partial charge < -0.3 is 14.8 Å². The van der Waals surface area contributed by atoms with Crippen molar-refractivity contribution in [3.05, 3.63) is 76.6 Å². The van der Waals surface area contributed by atoms with E-state index in [4.69, 9.17) is 9.47 Å². The fourth-order valence-electron chi connectivity index (χ4n) is 3.07. The van der Waals surface area contributed by atoms with Gasteiger partial charge in [-0.25, -0.2) is 9.48 Å². The third-order valence-corrected chi connectivity index (χ3v) is 4.71. The Kier molecular flexibility index (Phi) is 7.38. The molecule has 8 nitrogen and oxygen atoms in total. The van der Waals surface area contributed by atoms with E-state index in [1.807, 2.05) is 31.2 Å². The summed E-state index contributed by atoms with van der Waals surface area (Å²) < 4.78 is 11.6. The molecule has 0 fully saturated rings. The summed E-state index contributed by atoms with van der Waals surface area (Å²) in [5.74, 6) is -0.290. The van der Waals surface area contributed by atoms with E-state index >= 15 is 0 Å². The fourth-order valence-corrected chi connectivity index (χ4v) is 3.07. The summed E-state index contributed by atoms with van der Waals surface area (Å²) in [5.41, 5.74) is 1.44. The predicted octanol–water partition coefficient (Wildman–Crippen LogP) is 3.69. The molecular weight excluding hydrogens is 410 g/mol. The molecule has 32 heavy (non-hydrogen) atoms. The highest BCUT2D eigenvalue weighted by Gasteiger charge is 2.21. The lowest BCUT2D eigenvalue weighted by Crippen LogP contribution is -2.33. The molecule has 0 aliphatic rings. The first-order valence-corrected chi connectivity index (χ1v) is 10.3. The number of esters is 1. The van der Waals surface area contributed by atoms with Crippen molar-refractivity contribution in [3.8, 4) is 17.0 Å². The number of rotatable bonds is 8. The number of amides is 1. The van der Waals surface area contributed by atoms with Gasteiger partial charge in [-0.1, -0.05) is 12.1 Å². The predicted molar refractivity (Wildman–Crippen MR) is 121 cm³/mol. The van der Waals surface area contributed by atoms with E-state index in [1.54, 1.807) is 44.2 Å². The second-order valence-electron chi connectivity index (χ2n) is 6.89. The number of anilines is 1. The van der Waals surface area contributed by atoms with Crippen LogP contribution < -0.4 is 15.6 Å². The van der Waals surface area contributed by atoms with Gasteiger partial charge in [0.05, 0.1) is 30.2 Å². The second-order valence-corrected chi connectivity index (χ2v) is 6.89. The van der Waals surface area contributed by atoms with Crippen LogP contribution in [-0.4, -0.2) is 34.9 Å². The maximum absolute atomic E-state index is 12.9. The number of nitrogens with zero attached hydrogens (tertiary/aromatic N) is 2. The van der Waals surface area contributed by atoms with Crippen molar-refractivity contribution >= 4 is 17.6 Å². The Balaban J connectivity index is 1.84. The summed E-state index contributed by atoms with van der Waals surface area (Å²) in [6, 6.07) is 15.9. The van der Waals surface area contributed by atoms with Crippen LogP contribution in [0.3, 0.4) is 0 Å². The molecule has 8 heteroatoms. The number of ether oxygens (including phenoxy) is 2. The molecule has 1 amide bonds. The molecule has 1 N–H and O–H groups in total. The minimum atomic E-state index is -0.916. The number of aromatic nitrogens is 2. The minimum absolute atomic E-state index is 0.217. The Morgan fingerprint density at radius 2 is 1.72 bits per heavy atom. The van der Waals surface area contributed by atoms with Crippen molar-refractivity contribution < 1.29 is 19.1 Å². The fraction of sp³-hybridized carbons (Fsp3) is 0.250. The van der Waals surface area contributed by atoms with Crippen LogP contribution in [-0.2, 0) is 9.53 Å². The SMILES string of the molecule is CCOC(=O)c1ccccc1NC(=O)C(C)n1nc(-c2ccc(OCC)cc2)ccc1=O. The second kappa shape index (κ2) is 10.4. The van der Waals surface area contributed by atoms with Gasteiger partial charge in [0.1, 0.15) is 11.8 Å². The maximum Gasteiger partial charge on any atom is 0.340 e. The molecular formula is C24H25N3O5.